The summed E-state index contributed by atoms with van der Waals surface area (Å²) in [6.45, 7) is 5.48. The molecular weight excluding hydrogens is 617 g/mol. The molecule has 1 amide bonds. The van der Waals surface area contributed by atoms with Gasteiger partial charge in [0.25, 0.3) is 15.9 Å². The van der Waals surface area contributed by atoms with E-state index in [0.717, 1.165) is 75.1 Å². The van der Waals surface area contributed by atoms with Crippen molar-refractivity contribution in [3.63, 3.8) is 0 Å². The molecule has 13 heteroatoms. The van der Waals surface area contributed by atoms with E-state index in [1.165, 1.54) is 24.1 Å². The molecule has 0 aliphatic carbocycles. The van der Waals surface area contributed by atoms with Gasteiger partial charge >= 0.3 is 5.69 Å². The molecule has 2 heterocycles. The van der Waals surface area contributed by atoms with Gasteiger partial charge in [-0.1, -0.05) is 24.3 Å². The molecule has 0 aromatic heterocycles. The van der Waals surface area contributed by atoms with Crippen molar-refractivity contribution in [2.45, 2.75) is 55.1 Å². The number of amides is 1. The minimum Gasteiger partial charge on any atom is -0.372 e. The minimum absolute atomic E-state index is 0.0842. The van der Waals surface area contributed by atoms with E-state index >= 15 is 0 Å². The number of para-hydroxylation sites is 1. The second-order valence-electron chi connectivity index (χ2n) is 11.0. The molecule has 0 atom stereocenters. The van der Waals surface area contributed by atoms with Crippen molar-refractivity contribution in [1.82, 2.24) is 4.72 Å². The first-order valence-corrected chi connectivity index (χ1v) is 17.4. The number of rotatable bonds is 12. The zero-order valence-electron chi connectivity index (χ0n) is 25.2. The Morgan fingerprint density at radius 1 is 1.00 bits per heavy atom. The van der Waals surface area contributed by atoms with Gasteiger partial charge < -0.3 is 18.7 Å². The number of carbonyl (C=O) groups is 1. The van der Waals surface area contributed by atoms with Crippen molar-refractivity contribution in [1.29, 1.82) is 0 Å². The van der Waals surface area contributed by atoms with Gasteiger partial charge in [0.1, 0.15) is 5.69 Å². The molecule has 3 aromatic carbocycles. The lowest BCUT2D eigenvalue weighted by atomic mass is 9.91. The highest BCUT2D eigenvalue weighted by molar-refractivity contribution is 8.00. The fourth-order valence-corrected chi connectivity index (χ4v) is 7.69. The fourth-order valence-electron chi connectivity index (χ4n) is 5.62. The van der Waals surface area contributed by atoms with E-state index < -0.39 is 31.4 Å². The maximum Gasteiger partial charge on any atom is 0.313 e. The number of hydrogen-bond donors (Lipinski definition) is 1. The average Bonchev–Trinajstić information content (AvgIpc) is 3.07. The standard InChI is InChI=1S/C32H38N4O7S2/c1-2-35(44-27-8-4-3-5-9-27)28-10-6-11-29(31(28)36(38)39)45(40,41)33-32(37)25-13-15-26(16-14-25)34-20-18-24(19-21-34)12-17-30-42-22-7-23-43-30/h3-6,8-11,13-16,24,30H,2,7,12,17-23H2,1H3,(H,33,37). The lowest BCUT2D eigenvalue weighted by Gasteiger charge is -2.34. The number of anilines is 2. The molecular formula is C32H38N4O7S2. The number of nitro groups is 1. The van der Waals surface area contributed by atoms with Crippen LogP contribution in [0.25, 0.3) is 0 Å². The summed E-state index contributed by atoms with van der Waals surface area (Å²) in [5, 5.41) is 12.2. The van der Waals surface area contributed by atoms with Gasteiger partial charge in [-0.2, -0.15) is 0 Å². The molecule has 2 aliphatic rings. The molecule has 45 heavy (non-hydrogen) atoms. The summed E-state index contributed by atoms with van der Waals surface area (Å²) in [5.74, 6) is -0.257. The third kappa shape index (κ3) is 8.34. The zero-order valence-corrected chi connectivity index (χ0v) is 26.8. The van der Waals surface area contributed by atoms with Gasteiger partial charge in [-0.05, 0) is 105 Å². The second kappa shape index (κ2) is 15.1. The quantitative estimate of drug-likeness (QED) is 0.141. The molecule has 5 rings (SSSR count). The zero-order chi connectivity index (χ0) is 31.8. The SMILES string of the molecule is CCN(Sc1ccccc1)c1cccc(S(=O)(=O)NC(=O)c2ccc(N3CCC(CCC4OCCCO4)CC3)cc2)c1[N+](=O)[O-]. The van der Waals surface area contributed by atoms with Gasteiger partial charge in [-0.15, -0.1) is 0 Å². The lowest BCUT2D eigenvalue weighted by Crippen LogP contribution is -2.34. The number of piperidine rings is 1. The van der Waals surface area contributed by atoms with Crippen LogP contribution in [-0.2, 0) is 19.5 Å². The van der Waals surface area contributed by atoms with Crippen LogP contribution in [0.2, 0.25) is 0 Å². The van der Waals surface area contributed by atoms with Crippen LogP contribution in [0.3, 0.4) is 0 Å². The Bertz CT molecular complexity index is 1560. The van der Waals surface area contributed by atoms with Crippen molar-refractivity contribution in [3.05, 3.63) is 88.5 Å². The Morgan fingerprint density at radius 2 is 1.69 bits per heavy atom. The molecule has 0 radical (unpaired) electrons. The highest BCUT2D eigenvalue weighted by atomic mass is 32.2. The Balaban J connectivity index is 1.23. The molecule has 2 aliphatic heterocycles. The predicted molar refractivity (Wildman–Crippen MR) is 174 cm³/mol. The van der Waals surface area contributed by atoms with E-state index in [-0.39, 0.29) is 17.5 Å². The molecule has 0 bridgehead atoms. The number of hydrogen-bond acceptors (Lipinski definition) is 10. The fraction of sp³-hybridized carbons (Fsp3) is 0.406. The minimum atomic E-state index is -4.58. The van der Waals surface area contributed by atoms with Crippen LogP contribution in [0.15, 0.2) is 82.6 Å². The summed E-state index contributed by atoms with van der Waals surface area (Å²) in [6, 6.07) is 20.1. The van der Waals surface area contributed by atoms with Crippen LogP contribution in [0.1, 0.15) is 49.4 Å². The van der Waals surface area contributed by atoms with E-state index in [0.29, 0.717) is 12.5 Å². The highest BCUT2D eigenvalue weighted by Crippen LogP contribution is 2.39. The number of sulfonamides is 1. The molecule has 2 saturated heterocycles. The third-order valence-corrected chi connectivity index (χ3v) is 10.5. The third-order valence-electron chi connectivity index (χ3n) is 8.01. The van der Waals surface area contributed by atoms with Crippen LogP contribution in [0.5, 0.6) is 0 Å². The van der Waals surface area contributed by atoms with E-state index in [1.54, 1.807) is 28.6 Å². The van der Waals surface area contributed by atoms with Crippen LogP contribution >= 0.6 is 11.9 Å². The van der Waals surface area contributed by atoms with Gasteiger partial charge in [0.2, 0.25) is 0 Å². The molecule has 0 spiro atoms. The average molecular weight is 655 g/mol. The highest BCUT2D eigenvalue weighted by Gasteiger charge is 2.33. The predicted octanol–water partition coefficient (Wildman–Crippen LogP) is 6.01. The van der Waals surface area contributed by atoms with Gasteiger partial charge in [-0.3, -0.25) is 14.9 Å². The summed E-state index contributed by atoms with van der Waals surface area (Å²) in [6.07, 6.45) is 4.94. The number of carbonyl (C=O) groups excluding carboxylic acids is 1. The van der Waals surface area contributed by atoms with Crippen LogP contribution in [0, 0.1) is 16.0 Å². The smallest absolute Gasteiger partial charge is 0.313 e. The van der Waals surface area contributed by atoms with Gasteiger partial charge in [0.05, 0.1) is 18.1 Å². The largest absolute Gasteiger partial charge is 0.372 e. The van der Waals surface area contributed by atoms with E-state index in [9.17, 15) is 23.3 Å². The Labute approximate surface area is 268 Å². The van der Waals surface area contributed by atoms with Crippen molar-refractivity contribution >= 4 is 44.9 Å². The molecule has 1 N–H and O–H groups in total. The van der Waals surface area contributed by atoms with Crippen molar-refractivity contribution in [3.8, 4) is 0 Å². The van der Waals surface area contributed by atoms with Gasteiger partial charge in [0.15, 0.2) is 11.2 Å². The van der Waals surface area contributed by atoms with Gasteiger partial charge in [-0.25, -0.2) is 13.1 Å². The summed E-state index contributed by atoms with van der Waals surface area (Å²) < 4.78 is 41.8. The molecule has 3 aromatic rings. The first-order valence-electron chi connectivity index (χ1n) is 15.2. The Morgan fingerprint density at radius 3 is 2.33 bits per heavy atom. The number of nitro benzene ring substituents is 1. The van der Waals surface area contributed by atoms with Crippen molar-refractivity contribution in [2.75, 3.05) is 42.1 Å². The molecule has 11 nitrogen and oxygen atoms in total. The van der Waals surface area contributed by atoms with Crippen LogP contribution in [-0.4, -0.2) is 58.4 Å². The van der Waals surface area contributed by atoms with Crippen molar-refractivity contribution < 1.29 is 27.6 Å². The maximum absolute atomic E-state index is 13.4. The van der Waals surface area contributed by atoms with Crippen molar-refractivity contribution in [2.24, 2.45) is 5.92 Å². The first-order chi connectivity index (χ1) is 21.7. The number of nitrogens with one attached hydrogen (secondary N) is 1. The summed E-state index contributed by atoms with van der Waals surface area (Å²) in [7, 11) is -4.58. The number of ether oxygens (including phenoxy) is 2. The molecule has 240 valence electrons. The number of nitrogens with zero attached hydrogens (tertiary/aromatic N) is 3. The lowest BCUT2D eigenvalue weighted by molar-refractivity contribution is -0.387. The van der Waals surface area contributed by atoms with Gasteiger partial charge in [0, 0.05) is 35.8 Å². The molecule has 0 saturated carbocycles. The normalized spacial score (nSPS) is 16.3. The Hall–Kier alpha value is -3.65. The molecule has 0 unspecified atom stereocenters. The van der Waals surface area contributed by atoms with E-state index in [2.05, 4.69) is 4.90 Å². The van der Waals surface area contributed by atoms with Crippen LogP contribution in [0.4, 0.5) is 17.1 Å². The second-order valence-corrected chi connectivity index (χ2v) is 13.7. The van der Waals surface area contributed by atoms with E-state index in [1.807, 2.05) is 42.0 Å². The summed E-state index contributed by atoms with van der Waals surface area (Å²) in [5.41, 5.74) is 0.611. The molecule has 2 fully saturated rings. The summed E-state index contributed by atoms with van der Waals surface area (Å²) in [4.78, 5) is 27.1. The Kier molecular flexibility index (Phi) is 11.0. The topological polar surface area (TPSA) is 131 Å². The maximum atomic E-state index is 13.4. The van der Waals surface area contributed by atoms with Crippen LogP contribution < -0.4 is 13.9 Å². The first kappa shape index (κ1) is 32.7. The number of benzene rings is 3. The summed E-state index contributed by atoms with van der Waals surface area (Å²) >= 11 is 1.26. The monoisotopic (exact) mass is 654 g/mol. The van der Waals surface area contributed by atoms with E-state index in [4.69, 9.17) is 9.47 Å².